The highest BCUT2D eigenvalue weighted by Gasteiger charge is 2.34. The van der Waals surface area contributed by atoms with Gasteiger partial charge < -0.3 is 14.8 Å². The molecule has 15 heavy (non-hydrogen) atoms. The Morgan fingerprint density at radius 2 is 2.33 bits per heavy atom. The number of ether oxygens (including phenoxy) is 2. The molecule has 0 saturated carbocycles. The van der Waals surface area contributed by atoms with E-state index in [4.69, 9.17) is 9.47 Å². The highest BCUT2D eigenvalue weighted by Crippen LogP contribution is 2.40. The lowest BCUT2D eigenvalue weighted by molar-refractivity contribution is 0.219. The maximum Gasteiger partial charge on any atom is 0.123 e. The zero-order valence-electron chi connectivity index (χ0n) is 8.82. The Hall–Kier alpha value is -1.22. The number of methoxy groups -OCH3 is 1. The molecule has 3 rings (SSSR count). The molecule has 2 heterocycles. The molecule has 2 unspecified atom stereocenters. The van der Waals surface area contributed by atoms with Crippen molar-refractivity contribution < 1.29 is 9.47 Å². The quantitative estimate of drug-likeness (QED) is 0.751. The smallest absolute Gasteiger partial charge is 0.123 e. The molecule has 1 N–H and O–H groups in total. The van der Waals surface area contributed by atoms with Gasteiger partial charge in [0, 0.05) is 30.5 Å². The predicted octanol–water partition coefficient (Wildman–Crippen LogP) is 1.39. The summed E-state index contributed by atoms with van der Waals surface area (Å²) >= 11 is 0. The van der Waals surface area contributed by atoms with Crippen LogP contribution in [0.5, 0.6) is 11.5 Å². The van der Waals surface area contributed by atoms with Crippen molar-refractivity contribution in [3.63, 3.8) is 0 Å². The van der Waals surface area contributed by atoms with Crippen LogP contribution < -0.4 is 14.8 Å². The molecule has 3 nitrogen and oxygen atoms in total. The molecule has 1 aromatic rings. The molecule has 0 aromatic heterocycles. The van der Waals surface area contributed by atoms with E-state index in [1.165, 1.54) is 5.56 Å². The van der Waals surface area contributed by atoms with Crippen LogP contribution in [-0.2, 0) is 0 Å². The molecule has 3 heteroatoms. The van der Waals surface area contributed by atoms with Gasteiger partial charge in [-0.15, -0.1) is 0 Å². The summed E-state index contributed by atoms with van der Waals surface area (Å²) in [5.41, 5.74) is 1.30. The first-order valence-corrected chi connectivity index (χ1v) is 5.40. The van der Waals surface area contributed by atoms with Crippen LogP contribution in [0.3, 0.4) is 0 Å². The minimum Gasteiger partial charge on any atom is -0.497 e. The molecule has 1 saturated heterocycles. The SMILES string of the molecule is COc1ccc2c(c1)C1CNCC1CO2. The van der Waals surface area contributed by atoms with Gasteiger partial charge in [-0.25, -0.2) is 0 Å². The van der Waals surface area contributed by atoms with Gasteiger partial charge in [-0.05, 0) is 18.2 Å². The van der Waals surface area contributed by atoms with Gasteiger partial charge in [0.05, 0.1) is 13.7 Å². The van der Waals surface area contributed by atoms with Gasteiger partial charge in [-0.3, -0.25) is 0 Å². The van der Waals surface area contributed by atoms with E-state index < -0.39 is 0 Å². The van der Waals surface area contributed by atoms with Crippen molar-refractivity contribution in [3.8, 4) is 11.5 Å². The van der Waals surface area contributed by atoms with Gasteiger partial charge in [-0.1, -0.05) is 0 Å². The first kappa shape index (κ1) is 9.04. The highest BCUT2D eigenvalue weighted by atomic mass is 16.5. The Balaban J connectivity index is 2.03. The van der Waals surface area contributed by atoms with Crippen LogP contribution in [-0.4, -0.2) is 26.8 Å². The maximum absolute atomic E-state index is 5.74. The number of hydrogen-bond donors (Lipinski definition) is 1. The van der Waals surface area contributed by atoms with Gasteiger partial charge >= 0.3 is 0 Å². The van der Waals surface area contributed by atoms with E-state index in [1.54, 1.807) is 7.11 Å². The normalized spacial score (nSPS) is 27.8. The van der Waals surface area contributed by atoms with Crippen LogP contribution in [0.2, 0.25) is 0 Å². The molecular formula is C12H15NO2. The third-order valence-corrected chi connectivity index (χ3v) is 3.41. The van der Waals surface area contributed by atoms with Crippen molar-refractivity contribution in [2.75, 3.05) is 26.8 Å². The second-order valence-corrected chi connectivity index (χ2v) is 4.24. The summed E-state index contributed by atoms with van der Waals surface area (Å²) in [5.74, 6) is 3.18. The Morgan fingerprint density at radius 3 is 3.20 bits per heavy atom. The second-order valence-electron chi connectivity index (χ2n) is 4.24. The first-order chi connectivity index (χ1) is 7.38. The monoisotopic (exact) mass is 205 g/mol. The third-order valence-electron chi connectivity index (χ3n) is 3.41. The standard InChI is InChI=1S/C12H15NO2/c1-14-9-2-3-12-10(4-9)11-6-13-5-8(11)7-15-12/h2-4,8,11,13H,5-7H2,1H3. The van der Waals surface area contributed by atoms with Crippen LogP contribution in [0.15, 0.2) is 18.2 Å². The summed E-state index contributed by atoms with van der Waals surface area (Å²) in [5, 5.41) is 3.42. The zero-order chi connectivity index (χ0) is 10.3. The van der Waals surface area contributed by atoms with Crippen molar-refractivity contribution >= 4 is 0 Å². The van der Waals surface area contributed by atoms with Gasteiger partial charge in [-0.2, -0.15) is 0 Å². The van der Waals surface area contributed by atoms with E-state index in [9.17, 15) is 0 Å². The molecule has 0 bridgehead atoms. The fourth-order valence-corrected chi connectivity index (χ4v) is 2.54. The van der Waals surface area contributed by atoms with Crippen LogP contribution >= 0.6 is 0 Å². The van der Waals surface area contributed by atoms with E-state index >= 15 is 0 Å². The maximum atomic E-state index is 5.74. The second kappa shape index (κ2) is 3.42. The Kier molecular flexibility index (Phi) is 2.06. The Bertz CT molecular complexity index is 378. The average Bonchev–Trinajstić information content (AvgIpc) is 2.76. The zero-order valence-corrected chi connectivity index (χ0v) is 8.82. The van der Waals surface area contributed by atoms with Gasteiger partial charge in [0.15, 0.2) is 0 Å². The first-order valence-electron chi connectivity index (χ1n) is 5.40. The van der Waals surface area contributed by atoms with Crippen LogP contribution in [0.25, 0.3) is 0 Å². The van der Waals surface area contributed by atoms with Crippen LogP contribution in [0.1, 0.15) is 11.5 Å². The summed E-state index contributed by atoms with van der Waals surface area (Å²) in [6, 6.07) is 6.09. The van der Waals surface area contributed by atoms with Crippen LogP contribution in [0.4, 0.5) is 0 Å². The Morgan fingerprint density at radius 1 is 1.40 bits per heavy atom. The van der Waals surface area contributed by atoms with Gasteiger partial charge in [0.25, 0.3) is 0 Å². The number of fused-ring (bicyclic) bond motifs is 3. The summed E-state index contributed by atoms with van der Waals surface area (Å²) in [6.45, 7) is 2.98. The minimum atomic E-state index is 0.601. The number of nitrogens with one attached hydrogen (secondary N) is 1. The summed E-state index contributed by atoms with van der Waals surface area (Å²) in [7, 11) is 1.70. The number of hydrogen-bond acceptors (Lipinski definition) is 3. The molecule has 80 valence electrons. The minimum absolute atomic E-state index is 0.601. The van der Waals surface area contributed by atoms with Crippen molar-refractivity contribution in [1.82, 2.24) is 5.32 Å². The van der Waals surface area contributed by atoms with Crippen molar-refractivity contribution in [3.05, 3.63) is 23.8 Å². The molecule has 1 aromatic carbocycles. The topological polar surface area (TPSA) is 30.5 Å². The van der Waals surface area contributed by atoms with Crippen molar-refractivity contribution in [2.45, 2.75) is 5.92 Å². The molecule has 0 spiro atoms. The summed E-state index contributed by atoms with van der Waals surface area (Å²) in [4.78, 5) is 0. The Labute approximate surface area is 89.4 Å². The van der Waals surface area contributed by atoms with E-state index in [-0.39, 0.29) is 0 Å². The van der Waals surface area contributed by atoms with E-state index in [2.05, 4.69) is 11.4 Å². The van der Waals surface area contributed by atoms with E-state index in [0.717, 1.165) is 31.2 Å². The highest BCUT2D eigenvalue weighted by molar-refractivity contribution is 5.44. The fraction of sp³-hybridized carbons (Fsp3) is 0.500. The summed E-state index contributed by atoms with van der Waals surface area (Å²) in [6.07, 6.45) is 0. The lowest BCUT2D eigenvalue weighted by atomic mass is 9.87. The molecule has 0 amide bonds. The largest absolute Gasteiger partial charge is 0.497 e. The third kappa shape index (κ3) is 1.38. The van der Waals surface area contributed by atoms with Crippen molar-refractivity contribution in [2.24, 2.45) is 5.92 Å². The van der Waals surface area contributed by atoms with Crippen molar-refractivity contribution in [1.29, 1.82) is 0 Å². The fourth-order valence-electron chi connectivity index (χ4n) is 2.54. The molecule has 2 aliphatic rings. The number of rotatable bonds is 1. The number of benzene rings is 1. The lowest BCUT2D eigenvalue weighted by Gasteiger charge is -2.28. The molecule has 2 atom stereocenters. The van der Waals surface area contributed by atoms with Crippen LogP contribution in [0, 0.1) is 5.92 Å². The predicted molar refractivity (Wildman–Crippen MR) is 57.6 cm³/mol. The molecule has 0 aliphatic carbocycles. The van der Waals surface area contributed by atoms with E-state index in [0.29, 0.717) is 11.8 Å². The molecular weight excluding hydrogens is 190 g/mol. The van der Waals surface area contributed by atoms with Gasteiger partial charge in [0.1, 0.15) is 11.5 Å². The lowest BCUT2D eigenvalue weighted by Crippen LogP contribution is -2.24. The average molecular weight is 205 g/mol. The van der Waals surface area contributed by atoms with E-state index in [1.807, 2.05) is 12.1 Å². The molecule has 0 radical (unpaired) electrons. The summed E-state index contributed by atoms with van der Waals surface area (Å²) < 4.78 is 11.0. The molecule has 1 fully saturated rings. The van der Waals surface area contributed by atoms with Gasteiger partial charge in [0.2, 0.25) is 0 Å². The molecule has 2 aliphatic heterocycles.